The highest BCUT2D eigenvalue weighted by Gasteiger charge is 2.17. The van der Waals surface area contributed by atoms with Crippen molar-refractivity contribution >= 4 is 23.4 Å². The van der Waals surface area contributed by atoms with Crippen molar-refractivity contribution in [3.8, 4) is 0 Å². The number of rotatable bonds is 4. The third-order valence-electron chi connectivity index (χ3n) is 2.96. The number of benzene rings is 2. The molecule has 1 nitrogen and oxygen atoms in total. The molecule has 0 radical (unpaired) electrons. The fraction of sp³-hybridized carbons (Fsp3) is 0.250. The van der Waals surface area contributed by atoms with Crippen molar-refractivity contribution in [2.45, 2.75) is 30.0 Å². The van der Waals surface area contributed by atoms with Crippen LogP contribution in [0.2, 0.25) is 5.02 Å². The first-order valence-electron chi connectivity index (χ1n) is 6.30. The topological polar surface area (TPSA) is 26.0 Å². The number of aryl methyl sites for hydroxylation is 1. The maximum atomic E-state index is 6.14. The second-order valence-corrected chi connectivity index (χ2v) is 6.41. The number of thioether (sulfide) groups is 1. The summed E-state index contributed by atoms with van der Waals surface area (Å²) >= 11 is 7.69. The first kappa shape index (κ1) is 14.4. The van der Waals surface area contributed by atoms with Gasteiger partial charge in [-0.25, -0.2) is 0 Å². The van der Waals surface area contributed by atoms with E-state index >= 15 is 0 Å². The number of hydrogen-bond acceptors (Lipinski definition) is 2. The van der Waals surface area contributed by atoms with Gasteiger partial charge in [0.05, 0.1) is 0 Å². The van der Waals surface area contributed by atoms with E-state index in [-0.39, 0.29) is 11.3 Å². The van der Waals surface area contributed by atoms with Crippen LogP contribution in [0.1, 0.15) is 23.3 Å². The molecule has 0 heterocycles. The third kappa shape index (κ3) is 4.00. The van der Waals surface area contributed by atoms with Crippen LogP contribution in [-0.4, -0.2) is 6.04 Å². The molecule has 3 heteroatoms. The summed E-state index contributed by atoms with van der Waals surface area (Å²) in [5.74, 6) is 0. The Morgan fingerprint density at radius 3 is 2.11 bits per heavy atom. The van der Waals surface area contributed by atoms with Crippen LogP contribution >= 0.6 is 23.4 Å². The van der Waals surface area contributed by atoms with E-state index in [1.165, 1.54) is 16.0 Å². The average molecular weight is 292 g/mol. The second kappa shape index (κ2) is 6.47. The molecule has 0 spiro atoms. The first-order valence-corrected chi connectivity index (χ1v) is 7.56. The number of nitrogens with two attached hydrogens (primary N) is 1. The second-order valence-electron chi connectivity index (χ2n) is 4.76. The summed E-state index contributed by atoms with van der Waals surface area (Å²) < 4.78 is 0. The molecule has 0 amide bonds. The minimum atomic E-state index is 0.0865. The Morgan fingerprint density at radius 1 is 1.00 bits per heavy atom. The van der Waals surface area contributed by atoms with E-state index in [9.17, 15) is 0 Å². The zero-order valence-corrected chi connectivity index (χ0v) is 12.7. The van der Waals surface area contributed by atoms with Gasteiger partial charge in [-0.15, -0.1) is 11.8 Å². The van der Waals surface area contributed by atoms with Crippen molar-refractivity contribution in [2.24, 2.45) is 5.73 Å². The largest absolute Gasteiger partial charge is 0.327 e. The Bertz CT molecular complexity index is 519. The molecular weight excluding hydrogens is 274 g/mol. The van der Waals surface area contributed by atoms with Crippen molar-refractivity contribution in [3.63, 3.8) is 0 Å². The molecule has 2 aromatic carbocycles. The maximum absolute atomic E-state index is 6.14. The molecule has 2 rings (SSSR count). The lowest BCUT2D eigenvalue weighted by Gasteiger charge is -2.21. The van der Waals surface area contributed by atoms with E-state index in [1.807, 2.05) is 31.2 Å². The summed E-state index contributed by atoms with van der Waals surface area (Å²) in [5.41, 5.74) is 8.67. The zero-order valence-electron chi connectivity index (χ0n) is 11.1. The summed E-state index contributed by atoms with van der Waals surface area (Å²) in [6, 6.07) is 16.6. The summed E-state index contributed by atoms with van der Waals surface area (Å²) in [5, 5.41) is 1.01. The van der Waals surface area contributed by atoms with Crippen molar-refractivity contribution in [3.05, 3.63) is 64.7 Å². The van der Waals surface area contributed by atoms with Gasteiger partial charge in [0.15, 0.2) is 0 Å². The highest BCUT2D eigenvalue weighted by molar-refractivity contribution is 7.99. The molecule has 2 atom stereocenters. The fourth-order valence-corrected chi connectivity index (χ4v) is 3.12. The average Bonchev–Trinajstić information content (AvgIpc) is 2.39. The smallest absolute Gasteiger partial charge is 0.0492 e. The highest BCUT2D eigenvalue weighted by Crippen LogP contribution is 2.37. The number of hydrogen-bond donors (Lipinski definition) is 1. The first-order chi connectivity index (χ1) is 9.06. The lowest BCUT2D eigenvalue weighted by molar-refractivity contribution is 0.721. The van der Waals surface area contributed by atoms with E-state index in [0.29, 0.717) is 0 Å². The van der Waals surface area contributed by atoms with Crippen LogP contribution < -0.4 is 5.73 Å². The molecule has 2 unspecified atom stereocenters. The molecule has 0 aliphatic carbocycles. The molecule has 0 aliphatic heterocycles. The van der Waals surface area contributed by atoms with Crippen LogP contribution in [0.3, 0.4) is 0 Å². The quantitative estimate of drug-likeness (QED) is 0.817. The fourth-order valence-electron chi connectivity index (χ4n) is 1.89. The van der Waals surface area contributed by atoms with E-state index in [2.05, 4.69) is 31.2 Å². The monoisotopic (exact) mass is 291 g/mol. The minimum Gasteiger partial charge on any atom is -0.327 e. The Hall–Kier alpha value is -0.960. The molecule has 0 saturated heterocycles. The third-order valence-corrected chi connectivity index (χ3v) is 4.71. The van der Waals surface area contributed by atoms with Crippen LogP contribution in [0.5, 0.6) is 0 Å². The van der Waals surface area contributed by atoms with E-state index in [4.69, 9.17) is 17.3 Å². The standard InChI is InChI=1S/C16H18ClNS/c1-11-3-5-13(6-4-11)16(12(2)18)19-15-9-7-14(17)8-10-15/h3-10,12,16H,18H2,1-2H3. The van der Waals surface area contributed by atoms with Crippen LogP contribution in [0, 0.1) is 6.92 Å². The van der Waals surface area contributed by atoms with Crippen LogP contribution in [0.4, 0.5) is 0 Å². The van der Waals surface area contributed by atoms with E-state index in [1.54, 1.807) is 11.8 Å². The van der Waals surface area contributed by atoms with Crippen LogP contribution in [0.25, 0.3) is 0 Å². The lowest BCUT2D eigenvalue weighted by Crippen LogP contribution is -2.22. The van der Waals surface area contributed by atoms with Gasteiger partial charge in [-0.3, -0.25) is 0 Å². The maximum Gasteiger partial charge on any atom is 0.0492 e. The Kier molecular flexibility index (Phi) is 4.92. The van der Waals surface area contributed by atoms with Crippen molar-refractivity contribution < 1.29 is 0 Å². The highest BCUT2D eigenvalue weighted by atomic mass is 35.5. The van der Waals surface area contributed by atoms with Gasteiger partial charge in [0.25, 0.3) is 0 Å². The van der Waals surface area contributed by atoms with Gasteiger partial charge in [-0.1, -0.05) is 41.4 Å². The van der Waals surface area contributed by atoms with Gasteiger partial charge in [0.1, 0.15) is 0 Å². The molecule has 0 aliphatic rings. The van der Waals surface area contributed by atoms with Gasteiger partial charge in [-0.05, 0) is 43.7 Å². The van der Waals surface area contributed by atoms with Gasteiger partial charge >= 0.3 is 0 Å². The predicted molar refractivity (Wildman–Crippen MR) is 84.9 cm³/mol. The number of halogens is 1. The SMILES string of the molecule is Cc1ccc(C(Sc2ccc(Cl)cc2)C(C)N)cc1. The normalized spacial score (nSPS) is 14.1. The van der Waals surface area contributed by atoms with Crippen molar-refractivity contribution in [2.75, 3.05) is 0 Å². The molecule has 0 aromatic heterocycles. The van der Waals surface area contributed by atoms with Gasteiger partial charge in [0, 0.05) is 21.2 Å². The van der Waals surface area contributed by atoms with Gasteiger partial charge < -0.3 is 5.73 Å². The molecule has 2 N–H and O–H groups in total. The van der Waals surface area contributed by atoms with Gasteiger partial charge in [0.2, 0.25) is 0 Å². The molecule has 100 valence electrons. The Balaban J connectivity index is 2.21. The lowest BCUT2D eigenvalue weighted by atomic mass is 10.1. The molecule has 0 saturated carbocycles. The minimum absolute atomic E-state index is 0.0865. The Morgan fingerprint density at radius 2 is 1.58 bits per heavy atom. The van der Waals surface area contributed by atoms with E-state index in [0.717, 1.165) is 5.02 Å². The summed E-state index contributed by atoms with van der Waals surface area (Å²) in [6.07, 6.45) is 0. The van der Waals surface area contributed by atoms with Crippen LogP contribution in [-0.2, 0) is 0 Å². The summed E-state index contributed by atoms with van der Waals surface area (Å²) in [4.78, 5) is 1.19. The molecular formula is C16H18ClNS. The van der Waals surface area contributed by atoms with E-state index < -0.39 is 0 Å². The summed E-state index contributed by atoms with van der Waals surface area (Å²) in [7, 11) is 0. The van der Waals surface area contributed by atoms with Crippen LogP contribution in [0.15, 0.2) is 53.4 Å². The molecule has 19 heavy (non-hydrogen) atoms. The summed E-state index contributed by atoms with van der Waals surface area (Å²) in [6.45, 7) is 4.14. The van der Waals surface area contributed by atoms with Crippen molar-refractivity contribution in [1.82, 2.24) is 0 Å². The molecule has 0 fully saturated rings. The molecule has 2 aromatic rings. The van der Waals surface area contributed by atoms with Crippen molar-refractivity contribution in [1.29, 1.82) is 0 Å². The van der Waals surface area contributed by atoms with Gasteiger partial charge in [-0.2, -0.15) is 0 Å². The zero-order chi connectivity index (χ0) is 13.8. The predicted octanol–water partition coefficient (Wildman–Crippen LogP) is 4.83. The molecule has 0 bridgehead atoms. The Labute approximate surface area is 124 Å².